The first-order valence-electron chi connectivity index (χ1n) is 9.45. The minimum absolute atomic E-state index is 0.0278. The highest BCUT2D eigenvalue weighted by atomic mass is 16.2. The molecule has 28 heavy (non-hydrogen) atoms. The van der Waals surface area contributed by atoms with E-state index in [-0.39, 0.29) is 18.0 Å². The number of para-hydroxylation sites is 1. The number of hydrogen-bond donors (Lipinski definition) is 0. The van der Waals surface area contributed by atoms with Gasteiger partial charge in [-0.1, -0.05) is 12.1 Å². The van der Waals surface area contributed by atoms with Crippen molar-refractivity contribution in [3.8, 4) is 0 Å². The van der Waals surface area contributed by atoms with Crippen LogP contribution in [-0.4, -0.2) is 56.4 Å². The molecule has 0 bridgehead atoms. The summed E-state index contributed by atoms with van der Waals surface area (Å²) in [7, 11) is 0. The summed E-state index contributed by atoms with van der Waals surface area (Å²) in [6, 6.07) is 9.55. The number of carbonyl (C=O) groups is 1. The number of piperazine rings is 1. The second-order valence-corrected chi connectivity index (χ2v) is 7.16. The third-order valence-corrected chi connectivity index (χ3v) is 5.24. The Morgan fingerprint density at radius 1 is 1.07 bits per heavy atom. The Bertz CT molecular complexity index is 1040. The molecule has 7 nitrogen and oxygen atoms in total. The minimum Gasteiger partial charge on any atom is -0.339 e. The zero-order valence-corrected chi connectivity index (χ0v) is 15.9. The molecule has 4 rings (SSSR count). The standard InChI is InChI=1S/C21H23N5O2/c1-16-3-2-4-18-20(16)23-15-26(21(18)28)14-19(27)25-11-9-24(10-12-25)13-17-5-7-22-8-6-17/h2-8,15H,9-14H2,1H3. The fourth-order valence-corrected chi connectivity index (χ4v) is 3.60. The minimum atomic E-state index is -0.168. The van der Waals surface area contributed by atoms with E-state index in [9.17, 15) is 9.59 Å². The molecule has 1 amide bonds. The van der Waals surface area contributed by atoms with Gasteiger partial charge < -0.3 is 4.90 Å². The topological polar surface area (TPSA) is 71.3 Å². The van der Waals surface area contributed by atoms with Crippen LogP contribution < -0.4 is 5.56 Å². The first kappa shape index (κ1) is 18.3. The number of amides is 1. The highest BCUT2D eigenvalue weighted by Crippen LogP contribution is 2.12. The molecule has 0 unspecified atom stereocenters. The lowest BCUT2D eigenvalue weighted by Gasteiger charge is -2.34. The van der Waals surface area contributed by atoms with Gasteiger partial charge in [-0.25, -0.2) is 4.98 Å². The molecule has 0 atom stereocenters. The third-order valence-electron chi connectivity index (χ3n) is 5.24. The van der Waals surface area contributed by atoms with E-state index in [4.69, 9.17) is 0 Å². The molecule has 3 heterocycles. The van der Waals surface area contributed by atoms with Gasteiger partial charge in [-0.15, -0.1) is 0 Å². The second kappa shape index (κ2) is 7.90. The average molecular weight is 377 g/mol. The van der Waals surface area contributed by atoms with Crippen molar-refractivity contribution in [2.75, 3.05) is 26.2 Å². The van der Waals surface area contributed by atoms with E-state index in [1.807, 2.05) is 36.1 Å². The van der Waals surface area contributed by atoms with Gasteiger partial charge in [0.05, 0.1) is 17.2 Å². The van der Waals surface area contributed by atoms with Crippen molar-refractivity contribution in [2.45, 2.75) is 20.0 Å². The Kier molecular flexibility index (Phi) is 5.16. The Balaban J connectivity index is 1.39. The summed E-state index contributed by atoms with van der Waals surface area (Å²) in [6.07, 6.45) is 5.08. The molecule has 0 saturated carbocycles. The molecule has 0 aliphatic carbocycles. The molecule has 1 aromatic carbocycles. The molecule has 1 aliphatic heterocycles. The molecule has 1 saturated heterocycles. The molecule has 1 aliphatic rings. The predicted octanol–water partition coefficient (Wildman–Crippen LogP) is 1.44. The molecule has 0 N–H and O–H groups in total. The van der Waals surface area contributed by atoms with E-state index in [1.54, 1.807) is 18.5 Å². The molecular formula is C21H23N5O2. The average Bonchev–Trinajstić information content (AvgIpc) is 2.72. The molecule has 0 spiro atoms. The van der Waals surface area contributed by atoms with E-state index in [0.717, 1.165) is 25.2 Å². The van der Waals surface area contributed by atoms with Gasteiger partial charge >= 0.3 is 0 Å². The quantitative estimate of drug-likeness (QED) is 0.688. The van der Waals surface area contributed by atoms with Gasteiger partial charge in [0.1, 0.15) is 6.54 Å². The Hall–Kier alpha value is -3.06. The highest BCUT2D eigenvalue weighted by molar-refractivity contribution is 5.81. The van der Waals surface area contributed by atoms with Crippen LogP contribution in [0.3, 0.4) is 0 Å². The van der Waals surface area contributed by atoms with Crippen LogP contribution in [0.15, 0.2) is 53.8 Å². The maximum atomic E-state index is 12.7. The number of hydrogen-bond acceptors (Lipinski definition) is 5. The van der Waals surface area contributed by atoms with Crippen molar-refractivity contribution in [3.05, 3.63) is 70.5 Å². The van der Waals surface area contributed by atoms with Crippen molar-refractivity contribution >= 4 is 16.8 Å². The smallest absolute Gasteiger partial charge is 0.261 e. The summed E-state index contributed by atoms with van der Waals surface area (Å²) < 4.78 is 1.41. The number of pyridine rings is 1. The van der Waals surface area contributed by atoms with E-state index in [2.05, 4.69) is 14.9 Å². The Labute approximate surface area is 163 Å². The summed E-state index contributed by atoms with van der Waals surface area (Å²) in [5.41, 5.74) is 2.71. The van der Waals surface area contributed by atoms with E-state index < -0.39 is 0 Å². The highest BCUT2D eigenvalue weighted by Gasteiger charge is 2.22. The zero-order chi connectivity index (χ0) is 19.5. The number of rotatable bonds is 4. The normalized spacial score (nSPS) is 15.1. The molecular weight excluding hydrogens is 354 g/mol. The number of aryl methyl sites for hydroxylation is 1. The van der Waals surface area contributed by atoms with Gasteiger partial charge in [0.2, 0.25) is 5.91 Å². The van der Waals surface area contributed by atoms with Gasteiger partial charge in [-0.2, -0.15) is 0 Å². The fraction of sp³-hybridized carbons (Fsp3) is 0.333. The van der Waals surface area contributed by atoms with Gasteiger partial charge in [0.25, 0.3) is 5.56 Å². The van der Waals surface area contributed by atoms with Crippen molar-refractivity contribution in [2.24, 2.45) is 0 Å². The maximum absolute atomic E-state index is 12.7. The van der Waals surface area contributed by atoms with Gasteiger partial charge in [0, 0.05) is 45.1 Å². The molecule has 2 aromatic heterocycles. The summed E-state index contributed by atoms with van der Waals surface area (Å²) in [5.74, 6) is -0.0422. The van der Waals surface area contributed by atoms with Gasteiger partial charge in [0.15, 0.2) is 0 Å². The lowest BCUT2D eigenvalue weighted by Crippen LogP contribution is -2.49. The van der Waals surface area contributed by atoms with Crippen LogP contribution >= 0.6 is 0 Å². The number of carbonyl (C=O) groups excluding carboxylic acids is 1. The van der Waals surface area contributed by atoms with Crippen LogP contribution in [0.25, 0.3) is 10.9 Å². The fourth-order valence-electron chi connectivity index (χ4n) is 3.60. The van der Waals surface area contributed by atoms with Crippen molar-refractivity contribution < 1.29 is 4.79 Å². The van der Waals surface area contributed by atoms with Crippen molar-refractivity contribution in [1.29, 1.82) is 0 Å². The third kappa shape index (κ3) is 3.80. The number of nitrogens with zero attached hydrogens (tertiary/aromatic N) is 5. The lowest BCUT2D eigenvalue weighted by molar-refractivity contribution is -0.133. The van der Waals surface area contributed by atoms with Crippen LogP contribution in [0, 0.1) is 6.92 Å². The first-order valence-corrected chi connectivity index (χ1v) is 9.45. The lowest BCUT2D eigenvalue weighted by atomic mass is 10.1. The predicted molar refractivity (Wildman–Crippen MR) is 107 cm³/mol. The molecule has 1 fully saturated rings. The summed E-state index contributed by atoms with van der Waals surface area (Å²) in [5, 5.41) is 0.553. The SMILES string of the molecule is Cc1cccc2c(=O)n(CC(=O)N3CCN(Cc4ccncc4)CC3)cnc12. The van der Waals surface area contributed by atoms with E-state index in [1.165, 1.54) is 16.5 Å². The monoisotopic (exact) mass is 377 g/mol. The van der Waals surface area contributed by atoms with Crippen LogP contribution in [0.1, 0.15) is 11.1 Å². The van der Waals surface area contributed by atoms with Gasteiger partial charge in [-0.3, -0.25) is 24.0 Å². The Morgan fingerprint density at radius 3 is 2.57 bits per heavy atom. The largest absolute Gasteiger partial charge is 0.339 e. The summed E-state index contributed by atoms with van der Waals surface area (Å²) in [4.78, 5) is 38.0. The van der Waals surface area contributed by atoms with Crippen molar-refractivity contribution in [1.82, 2.24) is 24.3 Å². The van der Waals surface area contributed by atoms with Crippen LogP contribution in [0.5, 0.6) is 0 Å². The maximum Gasteiger partial charge on any atom is 0.261 e. The molecule has 7 heteroatoms. The molecule has 3 aromatic rings. The molecule has 144 valence electrons. The zero-order valence-electron chi connectivity index (χ0n) is 15.9. The number of aromatic nitrogens is 3. The second-order valence-electron chi connectivity index (χ2n) is 7.16. The number of benzene rings is 1. The molecule has 0 radical (unpaired) electrons. The van der Waals surface area contributed by atoms with Crippen LogP contribution in [-0.2, 0) is 17.9 Å². The van der Waals surface area contributed by atoms with Gasteiger partial charge in [-0.05, 0) is 36.2 Å². The van der Waals surface area contributed by atoms with E-state index >= 15 is 0 Å². The van der Waals surface area contributed by atoms with Crippen molar-refractivity contribution in [3.63, 3.8) is 0 Å². The first-order chi connectivity index (χ1) is 13.6. The van der Waals surface area contributed by atoms with Crippen LogP contribution in [0.2, 0.25) is 0 Å². The Morgan fingerprint density at radius 2 is 1.82 bits per heavy atom. The summed E-state index contributed by atoms with van der Waals surface area (Å²) >= 11 is 0. The summed E-state index contributed by atoms with van der Waals surface area (Å²) in [6.45, 7) is 5.78. The number of fused-ring (bicyclic) bond motifs is 1. The van der Waals surface area contributed by atoms with Crippen LogP contribution in [0.4, 0.5) is 0 Å². The van der Waals surface area contributed by atoms with E-state index in [0.29, 0.717) is 24.0 Å².